The average Bonchev–Trinajstić information content (AvgIpc) is 3.12. The first-order valence-corrected chi connectivity index (χ1v) is 10.5. The molecule has 0 radical (unpaired) electrons. The molecule has 146 valence electrons. The summed E-state index contributed by atoms with van der Waals surface area (Å²) in [7, 11) is 0. The maximum atomic E-state index is 12.5. The van der Waals surface area contributed by atoms with E-state index < -0.39 is 0 Å². The van der Waals surface area contributed by atoms with Crippen LogP contribution in [0, 0.1) is 0 Å². The highest BCUT2D eigenvalue weighted by Crippen LogP contribution is 2.31. The number of fused-ring (bicyclic) bond motifs is 1. The Kier molecular flexibility index (Phi) is 5.48. The summed E-state index contributed by atoms with van der Waals surface area (Å²) in [5, 5.41) is 6.60. The summed E-state index contributed by atoms with van der Waals surface area (Å²) in [5.41, 5.74) is 0.648. The molecule has 1 aliphatic rings. The molecular weight excluding hydrogens is 394 g/mol. The molecule has 1 aliphatic heterocycles. The number of hydrogen-bond donors (Lipinski definition) is 1. The Hall–Kier alpha value is -2.22. The highest BCUT2D eigenvalue weighted by molar-refractivity contribution is 7.16. The molecule has 6 nitrogen and oxygen atoms in total. The van der Waals surface area contributed by atoms with E-state index >= 15 is 0 Å². The standard InChI is InChI=1S/C20H22ClN5OS/c1-13-9-25(11-18(27)24-17-6-4-3-5-16(17)21)10-14(2)26(13)19-15-7-8-28-20(15)23-12-22-19/h3-8,12-14H,9-11H2,1-2H3,(H,24,27). The summed E-state index contributed by atoms with van der Waals surface area (Å²) in [5.74, 6) is 0.926. The van der Waals surface area contributed by atoms with Crippen molar-refractivity contribution in [1.29, 1.82) is 0 Å². The summed E-state index contributed by atoms with van der Waals surface area (Å²) in [4.78, 5) is 26.9. The lowest BCUT2D eigenvalue weighted by atomic mass is 10.1. The summed E-state index contributed by atoms with van der Waals surface area (Å²) < 4.78 is 0. The number of benzene rings is 1. The molecule has 0 bridgehead atoms. The van der Waals surface area contributed by atoms with Crippen molar-refractivity contribution in [2.24, 2.45) is 0 Å². The number of thiophene rings is 1. The lowest BCUT2D eigenvalue weighted by Crippen LogP contribution is -2.58. The van der Waals surface area contributed by atoms with Gasteiger partial charge in [-0.25, -0.2) is 9.97 Å². The molecule has 1 N–H and O–H groups in total. The first-order valence-electron chi connectivity index (χ1n) is 9.26. The molecule has 0 spiro atoms. The number of nitrogens with one attached hydrogen (secondary N) is 1. The van der Waals surface area contributed by atoms with Gasteiger partial charge in [-0.3, -0.25) is 9.69 Å². The highest BCUT2D eigenvalue weighted by Gasteiger charge is 2.32. The third-order valence-electron chi connectivity index (χ3n) is 5.00. The van der Waals surface area contributed by atoms with E-state index in [1.165, 1.54) is 0 Å². The normalized spacial score (nSPS) is 20.5. The van der Waals surface area contributed by atoms with Crippen molar-refractivity contribution in [3.63, 3.8) is 0 Å². The van der Waals surface area contributed by atoms with Crippen molar-refractivity contribution in [3.05, 3.63) is 47.1 Å². The van der Waals surface area contributed by atoms with Crippen molar-refractivity contribution in [2.75, 3.05) is 29.9 Å². The van der Waals surface area contributed by atoms with E-state index in [1.807, 2.05) is 23.6 Å². The van der Waals surface area contributed by atoms with Crippen molar-refractivity contribution in [1.82, 2.24) is 14.9 Å². The molecule has 8 heteroatoms. The number of nitrogens with zero attached hydrogens (tertiary/aromatic N) is 4. The Balaban J connectivity index is 1.44. The second-order valence-electron chi connectivity index (χ2n) is 7.16. The minimum absolute atomic E-state index is 0.0526. The van der Waals surface area contributed by atoms with E-state index in [1.54, 1.807) is 23.7 Å². The fourth-order valence-electron chi connectivity index (χ4n) is 3.92. The van der Waals surface area contributed by atoms with Gasteiger partial charge in [-0.1, -0.05) is 23.7 Å². The molecule has 2 unspecified atom stereocenters. The van der Waals surface area contributed by atoms with Gasteiger partial charge >= 0.3 is 0 Å². The molecule has 0 saturated carbocycles. The Labute approximate surface area is 173 Å². The first kappa shape index (κ1) is 19.1. The van der Waals surface area contributed by atoms with Crippen molar-refractivity contribution >= 4 is 50.6 Å². The number of aromatic nitrogens is 2. The van der Waals surface area contributed by atoms with Crippen LogP contribution in [0.1, 0.15) is 13.8 Å². The Bertz CT molecular complexity index is 981. The minimum Gasteiger partial charge on any atom is -0.348 e. The Morgan fingerprint density at radius 2 is 1.96 bits per heavy atom. The molecule has 0 aliphatic carbocycles. The van der Waals surface area contributed by atoms with Crippen LogP contribution in [-0.4, -0.2) is 52.5 Å². The number of anilines is 2. The van der Waals surface area contributed by atoms with Crippen molar-refractivity contribution in [2.45, 2.75) is 25.9 Å². The van der Waals surface area contributed by atoms with Gasteiger partial charge in [-0.15, -0.1) is 11.3 Å². The Morgan fingerprint density at radius 1 is 1.21 bits per heavy atom. The largest absolute Gasteiger partial charge is 0.348 e. The van der Waals surface area contributed by atoms with Gasteiger partial charge in [0.1, 0.15) is 17.0 Å². The third kappa shape index (κ3) is 3.83. The smallest absolute Gasteiger partial charge is 0.238 e. The quantitative estimate of drug-likeness (QED) is 0.700. The SMILES string of the molecule is CC1CN(CC(=O)Nc2ccccc2Cl)CC(C)N1c1ncnc2sccc12. The van der Waals surface area contributed by atoms with Crippen LogP contribution in [-0.2, 0) is 4.79 Å². The number of amides is 1. The molecule has 1 aromatic carbocycles. The number of halogens is 1. The lowest BCUT2D eigenvalue weighted by Gasteiger charge is -2.45. The second-order valence-corrected chi connectivity index (χ2v) is 8.47. The van der Waals surface area contributed by atoms with E-state index in [9.17, 15) is 4.79 Å². The molecule has 4 rings (SSSR count). The lowest BCUT2D eigenvalue weighted by molar-refractivity contribution is -0.117. The number of rotatable bonds is 4. The average molecular weight is 416 g/mol. The molecular formula is C20H22ClN5OS. The van der Waals surface area contributed by atoms with Gasteiger partial charge in [0.25, 0.3) is 0 Å². The van der Waals surface area contributed by atoms with Gasteiger partial charge in [-0.2, -0.15) is 0 Å². The maximum absolute atomic E-state index is 12.5. The van der Waals surface area contributed by atoms with Crippen LogP contribution in [0.25, 0.3) is 10.2 Å². The van der Waals surface area contributed by atoms with E-state index in [4.69, 9.17) is 11.6 Å². The fraction of sp³-hybridized carbons (Fsp3) is 0.350. The van der Waals surface area contributed by atoms with Crippen LogP contribution < -0.4 is 10.2 Å². The van der Waals surface area contributed by atoms with Crippen molar-refractivity contribution in [3.8, 4) is 0 Å². The zero-order valence-corrected chi connectivity index (χ0v) is 17.4. The zero-order valence-electron chi connectivity index (χ0n) is 15.8. The molecule has 2 atom stereocenters. The minimum atomic E-state index is -0.0526. The topological polar surface area (TPSA) is 61.4 Å². The first-order chi connectivity index (χ1) is 13.5. The van der Waals surface area contributed by atoms with E-state index in [0.717, 1.165) is 29.1 Å². The van der Waals surface area contributed by atoms with Gasteiger partial charge in [0.15, 0.2) is 0 Å². The van der Waals surface area contributed by atoms with Gasteiger partial charge in [0.2, 0.25) is 5.91 Å². The maximum Gasteiger partial charge on any atom is 0.238 e. The Morgan fingerprint density at radius 3 is 2.71 bits per heavy atom. The van der Waals surface area contributed by atoms with Gasteiger partial charge in [0.05, 0.1) is 22.6 Å². The molecule has 1 amide bonds. The number of carbonyl (C=O) groups excluding carboxylic acids is 1. The molecule has 3 aromatic rings. The van der Waals surface area contributed by atoms with Crippen LogP contribution in [0.4, 0.5) is 11.5 Å². The van der Waals surface area contributed by atoms with Crippen LogP contribution in [0.2, 0.25) is 5.02 Å². The van der Waals surface area contributed by atoms with E-state index in [-0.39, 0.29) is 18.0 Å². The number of carbonyl (C=O) groups is 1. The van der Waals surface area contributed by atoms with Crippen LogP contribution in [0.3, 0.4) is 0 Å². The third-order valence-corrected chi connectivity index (χ3v) is 6.15. The van der Waals surface area contributed by atoms with E-state index in [0.29, 0.717) is 17.3 Å². The van der Waals surface area contributed by atoms with Gasteiger partial charge in [0, 0.05) is 25.2 Å². The van der Waals surface area contributed by atoms with Gasteiger partial charge < -0.3 is 10.2 Å². The summed E-state index contributed by atoms with van der Waals surface area (Å²) in [6.45, 7) is 6.26. The van der Waals surface area contributed by atoms with E-state index in [2.05, 4.69) is 45.0 Å². The summed E-state index contributed by atoms with van der Waals surface area (Å²) in [6, 6.07) is 9.83. The molecule has 1 fully saturated rings. The van der Waals surface area contributed by atoms with Crippen LogP contribution in [0.5, 0.6) is 0 Å². The molecule has 28 heavy (non-hydrogen) atoms. The van der Waals surface area contributed by atoms with Crippen LogP contribution in [0.15, 0.2) is 42.0 Å². The van der Waals surface area contributed by atoms with Crippen LogP contribution >= 0.6 is 22.9 Å². The predicted octanol–water partition coefficient (Wildman–Crippen LogP) is 3.88. The monoisotopic (exact) mass is 415 g/mol. The summed E-state index contributed by atoms with van der Waals surface area (Å²) >= 11 is 7.76. The zero-order chi connectivity index (χ0) is 19.7. The molecule has 2 aromatic heterocycles. The predicted molar refractivity (Wildman–Crippen MR) is 115 cm³/mol. The summed E-state index contributed by atoms with van der Waals surface area (Å²) in [6.07, 6.45) is 1.64. The molecule has 1 saturated heterocycles. The molecule has 3 heterocycles. The number of piperazine rings is 1. The highest BCUT2D eigenvalue weighted by atomic mass is 35.5. The fourth-order valence-corrected chi connectivity index (χ4v) is 4.83. The number of para-hydroxylation sites is 1. The number of hydrogen-bond acceptors (Lipinski definition) is 6. The second kappa shape index (κ2) is 8.03. The van der Waals surface area contributed by atoms with Crippen molar-refractivity contribution < 1.29 is 4.79 Å². The van der Waals surface area contributed by atoms with Gasteiger partial charge in [-0.05, 0) is 37.4 Å².